The summed E-state index contributed by atoms with van der Waals surface area (Å²) >= 11 is 5.77. The van der Waals surface area contributed by atoms with Crippen LogP contribution in [0.3, 0.4) is 0 Å². The van der Waals surface area contributed by atoms with Crippen molar-refractivity contribution < 1.29 is 22.7 Å². The van der Waals surface area contributed by atoms with Crippen molar-refractivity contribution in [2.75, 3.05) is 13.2 Å². The quantitative estimate of drug-likeness (QED) is 0.623. The monoisotopic (exact) mass is 338 g/mol. The van der Waals surface area contributed by atoms with Gasteiger partial charge in [-0.1, -0.05) is 11.6 Å². The Labute approximate surface area is 126 Å². The second-order valence-electron chi connectivity index (χ2n) is 4.35. The van der Waals surface area contributed by atoms with Crippen molar-refractivity contribution in [2.45, 2.75) is 23.8 Å². The molecule has 1 unspecified atom stereocenters. The Balaban J connectivity index is 2.11. The van der Waals surface area contributed by atoms with E-state index < -0.39 is 15.0 Å². The lowest BCUT2D eigenvalue weighted by molar-refractivity contribution is 0.0161. The van der Waals surface area contributed by atoms with Crippen molar-refractivity contribution in [3.63, 3.8) is 0 Å². The molecule has 0 amide bonds. The first-order valence-electron chi connectivity index (χ1n) is 5.90. The molecule has 1 aromatic carbocycles. The van der Waals surface area contributed by atoms with Gasteiger partial charge in [-0.3, -0.25) is 0 Å². The molecule has 0 bridgehead atoms. The van der Waals surface area contributed by atoms with Gasteiger partial charge >= 0.3 is 5.97 Å². The maximum absolute atomic E-state index is 11.9. The van der Waals surface area contributed by atoms with E-state index in [-0.39, 0.29) is 28.2 Å². The smallest absolute Gasteiger partial charge is 0.338 e. The van der Waals surface area contributed by atoms with Gasteiger partial charge in [0.05, 0.1) is 16.6 Å². The van der Waals surface area contributed by atoms with Crippen LogP contribution in [0, 0.1) is 0 Å². The minimum absolute atomic E-state index is 0.0368. The fourth-order valence-corrected chi connectivity index (χ4v) is 2.95. The van der Waals surface area contributed by atoms with Gasteiger partial charge in [-0.15, -0.1) is 0 Å². The Bertz CT molecular complexity index is 608. The first-order valence-corrected chi connectivity index (χ1v) is 8.59. The molecule has 0 aliphatic carbocycles. The second-order valence-corrected chi connectivity index (χ2v) is 7.35. The van der Waals surface area contributed by atoms with E-state index in [1.165, 1.54) is 12.1 Å². The number of carbonyl (C=O) groups excluding carboxylic acids is 1. The Morgan fingerprint density at radius 3 is 2.75 bits per heavy atom. The van der Waals surface area contributed by atoms with Crippen molar-refractivity contribution in [1.29, 1.82) is 0 Å². The van der Waals surface area contributed by atoms with Crippen LogP contribution in [-0.2, 0) is 18.5 Å². The van der Waals surface area contributed by atoms with Crippen LogP contribution in [0.1, 0.15) is 23.2 Å². The number of ether oxygens (including phenoxy) is 2. The number of halogens is 2. The van der Waals surface area contributed by atoms with Crippen LogP contribution in [0.5, 0.6) is 0 Å². The van der Waals surface area contributed by atoms with Gasteiger partial charge in [-0.05, 0) is 31.0 Å². The third-order valence-electron chi connectivity index (χ3n) is 2.81. The summed E-state index contributed by atoms with van der Waals surface area (Å²) in [7, 11) is 1.27. The van der Waals surface area contributed by atoms with Crippen LogP contribution < -0.4 is 0 Å². The van der Waals surface area contributed by atoms with E-state index in [0.717, 1.165) is 18.9 Å². The summed E-state index contributed by atoms with van der Waals surface area (Å²) in [6.07, 6.45) is 1.67. The highest BCUT2D eigenvalue weighted by atomic mass is 35.7. The average molecular weight is 339 g/mol. The molecule has 1 heterocycles. The van der Waals surface area contributed by atoms with E-state index in [1.807, 2.05) is 0 Å². The van der Waals surface area contributed by atoms with Crippen LogP contribution in [0.2, 0.25) is 5.02 Å². The molecule has 1 fully saturated rings. The standard InChI is InChI=1S/C12H12Cl2O5S/c13-9-4-8(5-11(6-9)20(14,16)17)12(15)19-7-10-2-1-3-18-10/h4-6,10H,1-3,7H2. The molecule has 0 saturated carbocycles. The van der Waals surface area contributed by atoms with Crippen molar-refractivity contribution in [1.82, 2.24) is 0 Å². The van der Waals surface area contributed by atoms with E-state index in [0.29, 0.717) is 6.61 Å². The largest absolute Gasteiger partial charge is 0.459 e. The zero-order chi connectivity index (χ0) is 14.8. The lowest BCUT2D eigenvalue weighted by atomic mass is 10.2. The highest BCUT2D eigenvalue weighted by Crippen LogP contribution is 2.23. The number of esters is 1. The summed E-state index contributed by atoms with van der Waals surface area (Å²) in [5.41, 5.74) is 0.0368. The summed E-state index contributed by atoms with van der Waals surface area (Å²) in [5.74, 6) is -0.662. The number of hydrogen-bond donors (Lipinski definition) is 0. The molecule has 20 heavy (non-hydrogen) atoms. The average Bonchev–Trinajstić information content (AvgIpc) is 2.87. The molecule has 5 nitrogen and oxygen atoms in total. The molecular weight excluding hydrogens is 327 g/mol. The van der Waals surface area contributed by atoms with Crippen LogP contribution >= 0.6 is 22.3 Å². The SMILES string of the molecule is O=C(OCC1CCCO1)c1cc(Cl)cc(S(=O)(=O)Cl)c1. The molecule has 1 aliphatic heterocycles. The maximum atomic E-state index is 11.9. The van der Waals surface area contributed by atoms with Crippen molar-refractivity contribution >= 4 is 37.3 Å². The minimum Gasteiger partial charge on any atom is -0.459 e. The molecular formula is C12H12Cl2O5S. The van der Waals surface area contributed by atoms with Gasteiger partial charge in [0.15, 0.2) is 0 Å². The maximum Gasteiger partial charge on any atom is 0.338 e. The summed E-state index contributed by atoms with van der Waals surface area (Å²) in [4.78, 5) is 11.6. The lowest BCUT2D eigenvalue weighted by Gasteiger charge is -2.10. The molecule has 0 aromatic heterocycles. The van der Waals surface area contributed by atoms with Gasteiger partial charge in [0.2, 0.25) is 0 Å². The molecule has 1 aromatic rings. The predicted octanol–water partition coefficient (Wildman–Crippen LogP) is 2.60. The van der Waals surface area contributed by atoms with Gasteiger partial charge in [0.25, 0.3) is 9.05 Å². The van der Waals surface area contributed by atoms with Crippen molar-refractivity contribution in [3.05, 3.63) is 28.8 Å². The molecule has 2 rings (SSSR count). The van der Waals surface area contributed by atoms with Gasteiger partial charge in [0.1, 0.15) is 6.61 Å². The van der Waals surface area contributed by atoms with Gasteiger partial charge in [0, 0.05) is 22.3 Å². The summed E-state index contributed by atoms with van der Waals surface area (Å²) in [5, 5.41) is 0.0933. The number of carbonyl (C=O) groups is 1. The minimum atomic E-state index is -3.96. The third-order valence-corrected chi connectivity index (χ3v) is 4.36. The van der Waals surface area contributed by atoms with Crippen LogP contribution in [-0.4, -0.2) is 33.7 Å². The van der Waals surface area contributed by atoms with E-state index in [4.69, 9.17) is 31.8 Å². The first kappa shape index (κ1) is 15.6. The highest BCUT2D eigenvalue weighted by molar-refractivity contribution is 8.13. The van der Waals surface area contributed by atoms with Crippen LogP contribution in [0.4, 0.5) is 0 Å². The summed E-state index contributed by atoms with van der Waals surface area (Å²) in [6.45, 7) is 0.794. The molecule has 0 N–H and O–H groups in total. The zero-order valence-electron chi connectivity index (χ0n) is 10.3. The van der Waals surface area contributed by atoms with Gasteiger partial charge < -0.3 is 9.47 Å². The van der Waals surface area contributed by atoms with Crippen LogP contribution in [0.15, 0.2) is 23.1 Å². The molecule has 110 valence electrons. The molecule has 1 atom stereocenters. The van der Waals surface area contributed by atoms with E-state index in [9.17, 15) is 13.2 Å². The number of rotatable bonds is 4. The Hall–Kier alpha value is -0.820. The summed E-state index contributed by atoms with van der Waals surface area (Å²) in [6, 6.07) is 3.62. The fraction of sp³-hybridized carbons (Fsp3) is 0.417. The zero-order valence-corrected chi connectivity index (χ0v) is 12.7. The lowest BCUT2D eigenvalue weighted by Crippen LogP contribution is -2.18. The molecule has 8 heteroatoms. The topological polar surface area (TPSA) is 69.7 Å². The summed E-state index contributed by atoms with van der Waals surface area (Å²) < 4.78 is 32.9. The van der Waals surface area contributed by atoms with Crippen LogP contribution in [0.25, 0.3) is 0 Å². The highest BCUT2D eigenvalue weighted by Gasteiger charge is 2.20. The normalized spacial score (nSPS) is 19.0. The second kappa shape index (κ2) is 6.30. The van der Waals surface area contributed by atoms with E-state index in [2.05, 4.69) is 0 Å². The van der Waals surface area contributed by atoms with E-state index >= 15 is 0 Å². The Kier molecular flexibility index (Phi) is 4.90. The molecule has 0 radical (unpaired) electrons. The van der Waals surface area contributed by atoms with Gasteiger partial charge in [-0.2, -0.15) is 0 Å². The predicted molar refractivity (Wildman–Crippen MR) is 73.7 cm³/mol. The van der Waals surface area contributed by atoms with Crippen molar-refractivity contribution in [2.24, 2.45) is 0 Å². The Morgan fingerprint density at radius 2 is 2.15 bits per heavy atom. The van der Waals surface area contributed by atoms with E-state index in [1.54, 1.807) is 0 Å². The number of hydrogen-bond acceptors (Lipinski definition) is 5. The first-order chi connectivity index (χ1) is 9.36. The molecule has 1 saturated heterocycles. The van der Waals surface area contributed by atoms with Gasteiger partial charge in [-0.25, -0.2) is 13.2 Å². The fourth-order valence-electron chi connectivity index (χ4n) is 1.85. The van der Waals surface area contributed by atoms with Crippen molar-refractivity contribution in [3.8, 4) is 0 Å². The third kappa shape index (κ3) is 4.09. The Morgan fingerprint density at radius 1 is 1.40 bits per heavy atom. The number of benzene rings is 1. The molecule has 0 spiro atoms. The molecule has 1 aliphatic rings.